The van der Waals surface area contributed by atoms with Gasteiger partial charge in [-0.3, -0.25) is 19.4 Å². The number of nitrogens with zero attached hydrogens (tertiary/aromatic N) is 2. The summed E-state index contributed by atoms with van der Waals surface area (Å²) in [4.78, 5) is 29.2. The Morgan fingerprint density at radius 1 is 1.16 bits per heavy atom. The third-order valence-corrected chi connectivity index (χ3v) is 7.77. The van der Waals surface area contributed by atoms with E-state index in [1.807, 2.05) is 24.3 Å². The number of nitrogens with one attached hydrogen (secondary N) is 1. The van der Waals surface area contributed by atoms with Crippen LogP contribution in [0.4, 0.5) is 0 Å². The summed E-state index contributed by atoms with van der Waals surface area (Å²) in [6.07, 6.45) is 2.58. The van der Waals surface area contributed by atoms with Crippen molar-refractivity contribution in [3.63, 3.8) is 0 Å². The van der Waals surface area contributed by atoms with E-state index in [4.69, 9.17) is 10.3 Å². The van der Waals surface area contributed by atoms with Crippen LogP contribution in [0.2, 0.25) is 0 Å². The fourth-order valence-electron chi connectivity index (χ4n) is 3.41. The van der Waals surface area contributed by atoms with E-state index in [1.54, 1.807) is 18.2 Å². The molecule has 32 heavy (non-hydrogen) atoms. The molecule has 0 fully saturated rings. The molecule has 1 atom stereocenters. The largest absolute Gasteiger partial charge is 0.396 e. The number of hydroxylamine groups is 1. The highest BCUT2D eigenvalue weighted by Gasteiger charge is 2.43. The summed E-state index contributed by atoms with van der Waals surface area (Å²) in [6, 6.07) is 13.0. The van der Waals surface area contributed by atoms with Crippen LogP contribution >= 0.6 is 0 Å². The second-order valence-corrected chi connectivity index (χ2v) is 10.3. The van der Waals surface area contributed by atoms with Crippen molar-refractivity contribution in [1.29, 1.82) is 0 Å². The van der Waals surface area contributed by atoms with Gasteiger partial charge in [-0.05, 0) is 48.6 Å². The Morgan fingerprint density at radius 3 is 2.41 bits per heavy atom. The predicted octanol–water partition coefficient (Wildman–Crippen LogP) is 1.30. The Hall–Kier alpha value is -3.08. The van der Waals surface area contributed by atoms with E-state index in [9.17, 15) is 18.0 Å². The summed E-state index contributed by atoms with van der Waals surface area (Å²) in [5, 5.41) is 18.3. The molecule has 1 amide bonds. The van der Waals surface area contributed by atoms with E-state index in [0.717, 1.165) is 22.9 Å². The van der Waals surface area contributed by atoms with Crippen molar-refractivity contribution in [1.82, 2.24) is 15.0 Å². The summed E-state index contributed by atoms with van der Waals surface area (Å²) < 4.78 is 23.6. The molecule has 0 bridgehead atoms. The summed E-state index contributed by atoms with van der Waals surface area (Å²) in [6.45, 7) is 1.21. The maximum Gasteiger partial charge on any atom is 0.264 e. The Balaban J connectivity index is 1.90. The normalized spacial score (nSPS) is 13.6. The van der Waals surface area contributed by atoms with E-state index in [0.29, 0.717) is 17.3 Å². The fourth-order valence-corrected chi connectivity index (χ4v) is 4.25. The van der Waals surface area contributed by atoms with Crippen molar-refractivity contribution in [2.75, 3.05) is 12.9 Å². The summed E-state index contributed by atoms with van der Waals surface area (Å²) >= 11 is 0. The zero-order chi connectivity index (χ0) is 23.5. The molecule has 1 aromatic heterocycles. The van der Waals surface area contributed by atoms with Crippen LogP contribution in [-0.2, 0) is 27.6 Å². The molecule has 0 saturated heterocycles. The molecule has 3 rings (SSSR count). The Kier molecular flexibility index (Phi) is 6.77. The van der Waals surface area contributed by atoms with Crippen LogP contribution < -0.4 is 11.0 Å². The second-order valence-electron chi connectivity index (χ2n) is 7.84. The van der Waals surface area contributed by atoms with Gasteiger partial charge in [0, 0.05) is 19.4 Å². The van der Waals surface area contributed by atoms with Crippen LogP contribution in [0.3, 0.4) is 0 Å². The van der Waals surface area contributed by atoms with Gasteiger partial charge in [-0.25, -0.2) is 18.9 Å². The maximum atomic E-state index is 12.9. The quantitative estimate of drug-likeness (QED) is 0.341. The van der Waals surface area contributed by atoms with Crippen LogP contribution in [0.15, 0.2) is 53.6 Å². The fraction of sp³-hybridized carbons (Fsp3) is 0.318. The van der Waals surface area contributed by atoms with Gasteiger partial charge in [-0.1, -0.05) is 30.3 Å². The molecule has 0 spiro atoms. The molecule has 0 aliphatic rings. The molecule has 0 aliphatic carbocycles. The van der Waals surface area contributed by atoms with Crippen LogP contribution in [0, 0.1) is 0 Å². The maximum absolute atomic E-state index is 12.9. The lowest BCUT2D eigenvalue weighted by Gasteiger charge is -2.25. The minimum Gasteiger partial charge on any atom is -0.396 e. The number of amides is 1. The number of carbonyl (C=O) groups is 1. The van der Waals surface area contributed by atoms with Gasteiger partial charge in [0.15, 0.2) is 14.6 Å². The third-order valence-electron chi connectivity index (χ3n) is 5.74. The number of rotatable bonds is 8. The van der Waals surface area contributed by atoms with E-state index < -0.39 is 20.5 Å². The minimum atomic E-state index is -3.87. The van der Waals surface area contributed by atoms with E-state index in [1.165, 1.54) is 23.3 Å². The van der Waals surface area contributed by atoms with Gasteiger partial charge in [0.25, 0.3) is 11.5 Å². The smallest absolute Gasteiger partial charge is 0.264 e. The molecule has 10 heteroatoms. The van der Waals surface area contributed by atoms with Crippen LogP contribution in [0.5, 0.6) is 0 Å². The molecule has 0 radical (unpaired) electrons. The monoisotopic (exact) mass is 459 g/mol. The molecule has 3 N–H and O–H groups in total. The SMILES string of the molecule is C[C@](CCn1cnc2cc(-c3ccc(CCO)cc3)ccc2c1=O)(C(=O)NO)S(C)(=O)=O. The lowest BCUT2D eigenvalue weighted by atomic mass is 10.0. The molecular weight excluding hydrogens is 434 g/mol. The van der Waals surface area contributed by atoms with Gasteiger partial charge in [-0.2, -0.15) is 0 Å². The first-order valence-electron chi connectivity index (χ1n) is 9.94. The number of carbonyl (C=O) groups excluding carboxylic acids is 1. The molecule has 0 saturated carbocycles. The molecule has 0 unspecified atom stereocenters. The van der Waals surface area contributed by atoms with Gasteiger partial charge >= 0.3 is 0 Å². The number of sulfone groups is 1. The van der Waals surface area contributed by atoms with Crippen molar-refractivity contribution in [3.8, 4) is 11.1 Å². The Morgan fingerprint density at radius 2 is 1.81 bits per heavy atom. The van der Waals surface area contributed by atoms with Crippen molar-refractivity contribution >= 4 is 26.6 Å². The molecule has 0 aliphatic heterocycles. The molecule has 3 aromatic rings. The highest BCUT2D eigenvalue weighted by Crippen LogP contribution is 2.24. The summed E-state index contributed by atoms with van der Waals surface area (Å²) in [7, 11) is -3.87. The number of hydrogen-bond donors (Lipinski definition) is 3. The average Bonchev–Trinajstić information content (AvgIpc) is 2.77. The summed E-state index contributed by atoms with van der Waals surface area (Å²) in [5.74, 6) is -1.06. The standard InChI is InChI=1S/C22H25N3O6S/c1-22(21(28)24-29,32(2,30)31)10-11-25-14-23-19-13-17(7-8-18(19)20(25)27)16-5-3-15(4-6-16)9-12-26/h3-8,13-14,26,29H,9-12H2,1-2H3,(H,24,28)/t22-/m0/s1. The first-order valence-corrected chi connectivity index (χ1v) is 11.8. The Bertz CT molecular complexity index is 1300. The number of fused-ring (bicyclic) bond motifs is 1. The van der Waals surface area contributed by atoms with Crippen molar-refractivity contribution in [3.05, 3.63) is 64.7 Å². The molecule has 170 valence electrons. The number of aliphatic hydroxyl groups excluding tert-OH is 1. The third kappa shape index (κ3) is 4.57. The lowest BCUT2D eigenvalue weighted by molar-refractivity contribution is -0.131. The number of hydrogen-bond acceptors (Lipinski definition) is 7. The van der Waals surface area contributed by atoms with Crippen molar-refractivity contribution < 1.29 is 23.5 Å². The average molecular weight is 460 g/mol. The second kappa shape index (κ2) is 9.19. The van der Waals surface area contributed by atoms with Gasteiger partial charge < -0.3 is 5.11 Å². The zero-order valence-electron chi connectivity index (χ0n) is 17.8. The zero-order valence-corrected chi connectivity index (χ0v) is 18.6. The van der Waals surface area contributed by atoms with E-state index >= 15 is 0 Å². The van der Waals surface area contributed by atoms with Crippen molar-refractivity contribution in [2.45, 2.75) is 31.1 Å². The first-order chi connectivity index (χ1) is 15.1. The van der Waals surface area contributed by atoms with E-state index in [2.05, 4.69) is 4.98 Å². The van der Waals surface area contributed by atoms with Gasteiger partial charge in [-0.15, -0.1) is 0 Å². The van der Waals surface area contributed by atoms with Crippen LogP contribution in [-0.4, -0.2) is 51.8 Å². The number of aromatic nitrogens is 2. The number of aliphatic hydroxyl groups is 1. The Labute approximate surface area is 185 Å². The molecule has 9 nitrogen and oxygen atoms in total. The topological polar surface area (TPSA) is 139 Å². The predicted molar refractivity (Wildman–Crippen MR) is 120 cm³/mol. The first kappa shape index (κ1) is 23.6. The van der Waals surface area contributed by atoms with Gasteiger partial charge in [0.2, 0.25) is 0 Å². The minimum absolute atomic E-state index is 0.0766. The van der Waals surface area contributed by atoms with Crippen molar-refractivity contribution in [2.24, 2.45) is 0 Å². The van der Waals surface area contributed by atoms with Crippen LogP contribution in [0.1, 0.15) is 18.9 Å². The molecule has 2 aromatic carbocycles. The molecular formula is C22H25N3O6S. The highest BCUT2D eigenvalue weighted by atomic mass is 32.2. The van der Waals surface area contributed by atoms with Gasteiger partial charge in [0.05, 0.1) is 17.2 Å². The number of aryl methyl sites for hydroxylation is 1. The highest BCUT2D eigenvalue weighted by molar-refractivity contribution is 7.92. The lowest BCUT2D eigenvalue weighted by Crippen LogP contribution is -2.50. The van der Waals surface area contributed by atoms with Crippen LogP contribution in [0.25, 0.3) is 22.0 Å². The summed E-state index contributed by atoms with van der Waals surface area (Å²) in [5.41, 5.74) is 4.36. The van der Waals surface area contributed by atoms with Gasteiger partial charge in [0.1, 0.15) is 0 Å². The molecule has 1 heterocycles. The number of benzene rings is 2. The van der Waals surface area contributed by atoms with E-state index in [-0.39, 0.29) is 25.1 Å².